The molecule has 3 N–H and O–H groups in total. The van der Waals surface area contributed by atoms with E-state index in [2.05, 4.69) is 27.5 Å². The number of anilines is 1. The van der Waals surface area contributed by atoms with Gasteiger partial charge in [-0.05, 0) is 61.1 Å². The van der Waals surface area contributed by atoms with Gasteiger partial charge in [0, 0.05) is 43.1 Å². The van der Waals surface area contributed by atoms with E-state index in [9.17, 15) is 4.39 Å². The molecule has 3 aromatic rings. The third-order valence-corrected chi connectivity index (χ3v) is 6.98. The average molecular weight is 482 g/mol. The fourth-order valence-corrected chi connectivity index (χ4v) is 4.91. The minimum atomic E-state index is -0.410. The number of nitrogens with zero attached hydrogens (tertiary/aromatic N) is 2. The number of nitrogens with one attached hydrogen (secondary N) is 3. The molecule has 0 saturated carbocycles. The number of rotatable bonds is 7. The molecule has 2 saturated heterocycles. The van der Waals surface area contributed by atoms with Crippen molar-refractivity contribution in [1.82, 2.24) is 20.6 Å². The largest absolute Gasteiger partial charge is 0.381 e. The molecule has 2 aromatic carbocycles. The zero-order chi connectivity index (χ0) is 23.5. The third-order valence-electron chi connectivity index (χ3n) is 6.69. The first-order valence-corrected chi connectivity index (χ1v) is 12.2. The monoisotopic (exact) mass is 481 g/mol. The van der Waals surface area contributed by atoms with Crippen LogP contribution in [0.2, 0.25) is 5.02 Å². The normalized spacial score (nSPS) is 19.8. The van der Waals surface area contributed by atoms with Crippen molar-refractivity contribution in [3.8, 4) is 0 Å². The molecule has 1 aromatic heterocycles. The Kier molecular flexibility index (Phi) is 6.94. The molecule has 0 radical (unpaired) electrons. The van der Waals surface area contributed by atoms with Crippen LogP contribution in [0.3, 0.4) is 0 Å². The highest BCUT2D eigenvalue weighted by Gasteiger charge is 2.27. The molecule has 0 amide bonds. The maximum Gasteiger partial charge on any atom is 0.223 e. The molecular formula is C26H29ClFN5O. The molecule has 3 heterocycles. The predicted octanol–water partition coefficient (Wildman–Crippen LogP) is 4.92. The maximum atomic E-state index is 13.8. The minimum absolute atomic E-state index is 0.0348. The van der Waals surface area contributed by atoms with Gasteiger partial charge in [0.2, 0.25) is 5.95 Å². The number of ether oxygens (including phenoxy) is 1. The number of aromatic nitrogens is 2. The zero-order valence-corrected chi connectivity index (χ0v) is 19.7. The summed E-state index contributed by atoms with van der Waals surface area (Å²) < 4.78 is 19.2. The molecule has 34 heavy (non-hydrogen) atoms. The lowest BCUT2D eigenvalue weighted by molar-refractivity contribution is 0.0903. The topological polar surface area (TPSA) is 71.1 Å². The molecular weight excluding hydrogens is 453 g/mol. The van der Waals surface area contributed by atoms with Crippen molar-refractivity contribution in [3.63, 3.8) is 0 Å². The fourth-order valence-electron chi connectivity index (χ4n) is 4.72. The molecule has 2 fully saturated rings. The molecule has 0 unspecified atom stereocenters. The van der Waals surface area contributed by atoms with Crippen molar-refractivity contribution in [1.29, 1.82) is 0 Å². The first-order valence-electron chi connectivity index (χ1n) is 11.8. The van der Waals surface area contributed by atoms with Gasteiger partial charge in [-0.15, -0.1) is 0 Å². The quantitative estimate of drug-likeness (QED) is 0.444. The first-order chi connectivity index (χ1) is 16.6. The third kappa shape index (κ3) is 5.17. The number of hydrogen-bond donors (Lipinski definition) is 3. The Morgan fingerprint density at radius 2 is 2.03 bits per heavy atom. The molecule has 8 heteroatoms. The van der Waals surface area contributed by atoms with Gasteiger partial charge in [0.15, 0.2) is 0 Å². The van der Waals surface area contributed by atoms with Crippen molar-refractivity contribution in [3.05, 3.63) is 71.1 Å². The predicted molar refractivity (Wildman–Crippen MR) is 134 cm³/mol. The number of benzene rings is 2. The van der Waals surface area contributed by atoms with Crippen molar-refractivity contribution < 1.29 is 9.13 Å². The lowest BCUT2D eigenvalue weighted by Gasteiger charge is -2.27. The van der Waals surface area contributed by atoms with Gasteiger partial charge < -0.3 is 20.7 Å². The van der Waals surface area contributed by atoms with Crippen LogP contribution >= 0.6 is 11.6 Å². The molecule has 6 nitrogen and oxygen atoms in total. The van der Waals surface area contributed by atoms with E-state index in [1.54, 1.807) is 12.1 Å². The van der Waals surface area contributed by atoms with E-state index in [1.807, 2.05) is 24.4 Å². The van der Waals surface area contributed by atoms with Crippen molar-refractivity contribution in [2.75, 3.05) is 31.6 Å². The standard InChI is InChI=1S/C26H29ClFN5O/c1-16(31-25(20-6-9-29-14-20)18-4-5-23(28)22(27)12-18)17-2-3-19-15-30-26(33-24(19)13-17)32-21-7-10-34-11-8-21/h2-5,12-13,15,20-21,25,29,31H,1,6-11,14H2,(H,30,32,33)/t20-,25+/m0/s1. The number of hydrogen-bond acceptors (Lipinski definition) is 6. The van der Waals surface area contributed by atoms with E-state index >= 15 is 0 Å². The zero-order valence-electron chi connectivity index (χ0n) is 19.0. The second-order valence-corrected chi connectivity index (χ2v) is 9.43. The van der Waals surface area contributed by atoms with Crippen molar-refractivity contribution in [2.24, 2.45) is 5.92 Å². The summed E-state index contributed by atoms with van der Waals surface area (Å²) in [6.45, 7) is 7.68. The summed E-state index contributed by atoms with van der Waals surface area (Å²) in [5.74, 6) is 0.564. The second-order valence-electron chi connectivity index (χ2n) is 9.03. The minimum Gasteiger partial charge on any atom is -0.381 e. The van der Waals surface area contributed by atoms with Crippen LogP contribution in [-0.2, 0) is 4.74 Å². The van der Waals surface area contributed by atoms with Gasteiger partial charge in [0.25, 0.3) is 0 Å². The van der Waals surface area contributed by atoms with Gasteiger partial charge in [-0.3, -0.25) is 0 Å². The van der Waals surface area contributed by atoms with Crippen molar-refractivity contribution in [2.45, 2.75) is 31.3 Å². The lowest BCUT2D eigenvalue weighted by atomic mass is 9.91. The van der Waals surface area contributed by atoms with Crippen LogP contribution in [0.25, 0.3) is 16.6 Å². The Labute approximate surface area is 204 Å². The van der Waals surface area contributed by atoms with E-state index in [-0.39, 0.29) is 11.1 Å². The molecule has 178 valence electrons. The molecule has 2 aliphatic heterocycles. The van der Waals surface area contributed by atoms with Crippen LogP contribution in [0.1, 0.15) is 36.4 Å². The van der Waals surface area contributed by atoms with Crippen LogP contribution < -0.4 is 16.0 Å². The summed E-state index contributed by atoms with van der Waals surface area (Å²) in [5.41, 5.74) is 3.55. The van der Waals surface area contributed by atoms with Crippen LogP contribution in [0, 0.1) is 11.7 Å². The summed E-state index contributed by atoms with van der Waals surface area (Å²) in [4.78, 5) is 9.23. The highest BCUT2D eigenvalue weighted by Crippen LogP contribution is 2.32. The van der Waals surface area contributed by atoms with Crippen LogP contribution in [0.4, 0.5) is 10.3 Å². The SMILES string of the molecule is C=C(N[C@H](c1ccc(F)c(Cl)c1)[C@H]1CCNC1)c1ccc2cnc(NC3CCOCC3)nc2c1. The van der Waals surface area contributed by atoms with E-state index in [0.717, 1.165) is 73.3 Å². The van der Waals surface area contributed by atoms with E-state index in [4.69, 9.17) is 21.3 Å². The van der Waals surface area contributed by atoms with E-state index < -0.39 is 5.82 Å². The average Bonchev–Trinajstić information content (AvgIpc) is 3.39. The Morgan fingerprint density at radius 1 is 1.18 bits per heavy atom. The smallest absolute Gasteiger partial charge is 0.223 e. The number of fused-ring (bicyclic) bond motifs is 1. The maximum absolute atomic E-state index is 13.8. The van der Waals surface area contributed by atoms with Gasteiger partial charge in [-0.1, -0.05) is 36.4 Å². The molecule has 0 aliphatic carbocycles. The highest BCUT2D eigenvalue weighted by atomic mass is 35.5. The summed E-state index contributed by atoms with van der Waals surface area (Å²) in [6, 6.07) is 11.3. The molecule has 0 spiro atoms. The Morgan fingerprint density at radius 3 is 2.79 bits per heavy atom. The van der Waals surface area contributed by atoms with Gasteiger partial charge >= 0.3 is 0 Å². The summed E-state index contributed by atoms with van der Waals surface area (Å²) in [5, 5.41) is 11.5. The van der Waals surface area contributed by atoms with Crippen molar-refractivity contribution >= 4 is 34.1 Å². The lowest BCUT2D eigenvalue weighted by Crippen LogP contribution is -2.29. The first kappa shape index (κ1) is 23.0. The van der Waals surface area contributed by atoms with Crippen LogP contribution in [0.5, 0.6) is 0 Å². The van der Waals surface area contributed by atoms with E-state index in [1.165, 1.54) is 6.07 Å². The van der Waals surface area contributed by atoms with Gasteiger partial charge in [0.05, 0.1) is 16.6 Å². The summed E-state index contributed by atoms with van der Waals surface area (Å²) >= 11 is 6.10. The van der Waals surface area contributed by atoms with Crippen LogP contribution in [-0.4, -0.2) is 42.3 Å². The van der Waals surface area contributed by atoms with E-state index in [0.29, 0.717) is 17.9 Å². The Balaban J connectivity index is 1.37. The van der Waals surface area contributed by atoms with Gasteiger partial charge in [-0.2, -0.15) is 0 Å². The van der Waals surface area contributed by atoms with Gasteiger partial charge in [-0.25, -0.2) is 14.4 Å². The second kappa shape index (κ2) is 10.3. The summed E-state index contributed by atoms with van der Waals surface area (Å²) in [7, 11) is 0. The summed E-state index contributed by atoms with van der Waals surface area (Å²) in [6.07, 6.45) is 4.77. The molecule has 2 atom stereocenters. The molecule has 5 rings (SSSR count). The van der Waals surface area contributed by atoms with Gasteiger partial charge in [0.1, 0.15) is 5.82 Å². The highest BCUT2D eigenvalue weighted by molar-refractivity contribution is 6.30. The van der Waals surface area contributed by atoms with Crippen LogP contribution in [0.15, 0.2) is 49.2 Å². The molecule has 0 bridgehead atoms. The Bertz CT molecular complexity index is 1180. The molecule has 2 aliphatic rings. The number of halogens is 2. The fraction of sp³-hybridized carbons (Fsp3) is 0.385. The Hall–Kier alpha value is -2.74.